The summed E-state index contributed by atoms with van der Waals surface area (Å²) in [5.41, 5.74) is 0. The van der Waals surface area contributed by atoms with Gasteiger partial charge in [0.2, 0.25) is 0 Å². The van der Waals surface area contributed by atoms with Crippen LogP contribution in [-0.2, 0) is 0 Å². The molecule has 0 nitrogen and oxygen atoms in total. The lowest BCUT2D eigenvalue weighted by molar-refractivity contribution is 0.512. The Labute approximate surface area is 33.3 Å². The van der Waals surface area contributed by atoms with Gasteiger partial charge in [0.25, 0.3) is 0 Å². The number of hydrogen-bond acceptors (Lipinski definition) is 0. The molecular formula is C3H2F3. The van der Waals surface area contributed by atoms with E-state index >= 15 is 0 Å². The van der Waals surface area contributed by atoms with Crippen LogP contribution in [0.25, 0.3) is 0 Å². The fraction of sp³-hybridized carbons (Fsp3) is 0. The molecule has 35 valence electrons. The van der Waals surface area contributed by atoms with Crippen LogP contribution < -0.4 is 0 Å². The van der Waals surface area contributed by atoms with Gasteiger partial charge in [-0.2, -0.15) is 0 Å². The van der Waals surface area contributed by atoms with Gasteiger partial charge < -0.3 is 0 Å². The average Bonchev–Trinajstić information content (AvgIpc) is 1.65. The number of halogens is 3. The van der Waals surface area contributed by atoms with Gasteiger partial charge in [0.1, 0.15) is 6.33 Å². The molecule has 1 radical (unpaired) electrons. The molecule has 0 saturated carbocycles. The molecule has 0 spiro atoms. The van der Waals surface area contributed by atoms with E-state index in [2.05, 4.69) is 0 Å². The molecule has 0 atom stereocenters. The Morgan fingerprint density at radius 2 is 1.83 bits per heavy atom. The molecule has 0 aromatic carbocycles. The lowest BCUT2D eigenvalue weighted by Gasteiger charge is -1.72. The van der Waals surface area contributed by atoms with Crippen molar-refractivity contribution < 1.29 is 13.2 Å². The normalized spacial score (nSPS) is 12.2. The van der Waals surface area contributed by atoms with E-state index < -0.39 is 18.8 Å². The summed E-state index contributed by atoms with van der Waals surface area (Å²) in [6.45, 7) is -0.458. The summed E-state index contributed by atoms with van der Waals surface area (Å²) in [4.78, 5) is 0. The third-order valence-electron chi connectivity index (χ3n) is 0.208. The van der Waals surface area contributed by atoms with Crippen molar-refractivity contribution in [1.82, 2.24) is 0 Å². The maximum absolute atomic E-state index is 10.9. The lowest BCUT2D eigenvalue weighted by Crippen LogP contribution is -1.59. The van der Waals surface area contributed by atoms with Gasteiger partial charge in [-0.3, -0.25) is 0 Å². The van der Waals surface area contributed by atoms with E-state index in [4.69, 9.17) is 0 Å². The average molecular weight is 95.0 g/mol. The Kier molecular flexibility index (Phi) is 2.54. The summed E-state index contributed by atoms with van der Waals surface area (Å²) < 4.78 is 32.1. The summed E-state index contributed by atoms with van der Waals surface area (Å²) in [5.74, 6) is -1.49. The molecule has 0 saturated heterocycles. The molecule has 0 rings (SSSR count). The van der Waals surface area contributed by atoms with Crippen LogP contribution in [0.1, 0.15) is 0 Å². The van der Waals surface area contributed by atoms with Crippen LogP contribution in [0.2, 0.25) is 0 Å². The highest BCUT2D eigenvalue weighted by atomic mass is 19.2. The SMILES string of the molecule is F[CH]C(F)=CF. The third kappa shape index (κ3) is 1.81. The van der Waals surface area contributed by atoms with Gasteiger partial charge in [-0.1, -0.05) is 0 Å². The van der Waals surface area contributed by atoms with Crippen LogP contribution in [0.4, 0.5) is 13.2 Å². The van der Waals surface area contributed by atoms with Crippen molar-refractivity contribution in [1.29, 1.82) is 0 Å². The molecule has 0 bridgehead atoms. The van der Waals surface area contributed by atoms with Crippen LogP contribution in [0, 0.1) is 6.67 Å². The zero-order chi connectivity index (χ0) is 4.99. The predicted molar refractivity (Wildman–Crippen MR) is 15.7 cm³/mol. The van der Waals surface area contributed by atoms with Gasteiger partial charge in [0.05, 0.1) is 0 Å². The molecule has 6 heavy (non-hydrogen) atoms. The van der Waals surface area contributed by atoms with Gasteiger partial charge in [-0.05, 0) is 0 Å². The molecular weight excluding hydrogens is 93.0 g/mol. The minimum atomic E-state index is -1.49. The first-order chi connectivity index (χ1) is 2.81. The lowest BCUT2D eigenvalue weighted by atomic mass is 10.7. The standard InChI is InChI=1S/C3H2F3/c4-1-3(6)2-5/h1-2H. The summed E-state index contributed by atoms with van der Waals surface area (Å²) in [5, 5.41) is 0. The molecule has 0 unspecified atom stereocenters. The van der Waals surface area contributed by atoms with E-state index in [9.17, 15) is 13.2 Å². The van der Waals surface area contributed by atoms with Crippen molar-refractivity contribution >= 4 is 0 Å². The number of hydrogen-bond donors (Lipinski definition) is 0. The largest absolute Gasteiger partial charge is 0.236 e. The minimum absolute atomic E-state index is 0.458. The second-order valence-electron chi connectivity index (χ2n) is 0.603. The van der Waals surface area contributed by atoms with Crippen LogP contribution in [0.5, 0.6) is 0 Å². The van der Waals surface area contributed by atoms with E-state index in [1.807, 2.05) is 0 Å². The first kappa shape index (κ1) is 5.53. The maximum atomic E-state index is 10.9. The quantitative estimate of drug-likeness (QED) is 0.466. The fourth-order valence-electron chi connectivity index (χ4n) is 0.0238. The number of rotatable bonds is 1. The Hall–Kier alpha value is -0.470. The van der Waals surface area contributed by atoms with Crippen molar-refractivity contribution in [2.24, 2.45) is 0 Å². The van der Waals surface area contributed by atoms with E-state index in [-0.39, 0.29) is 0 Å². The Morgan fingerprint density at radius 3 is 1.83 bits per heavy atom. The third-order valence-corrected chi connectivity index (χ3v) is 0.208. The second-order valence-corrected chi connectivity index (χ2v) is 0.603. The van der Waals surface area contributed by atoms with E-state index in [0.29, 0.717) is 0 Å². The summed E-state index contributed by atoms with van der Waals surface area (Å²) >= 11 is 0. The highest BCUT2D eigenvalue weighted by molar-refractivity contribution is 4.92. The molecule has 0 aliphatic carbocycles. The highest BCUT2D eigenvalue weighted by Gasteiger charge is 1.87. The van der Waals surface area contributed by atoms with Gasteiger partial charge in [0.15, 0.2) is 12.5 Å². The van der Waals surface area contributed by atoms with Crippen LogP contribution >= 0.6 is 0 Å². The molecule has 0 aromatic rings. The fourth-order valence-corrected chi connectivity index (χ4v) is 0.0238. The first-order valence-electron chi connectivity index (χ1n) is 1.20. The Bertz CT molecular complexity index is 57.1. The van der Waals surface area contributed by atoms with E-state index in [1.165, 1.54) is 0 Å². The maximum Gasteiger partial charge on any atom is 0.191 e. The van der Waals surface area contributed by atoms with Crippen molar-refractivity contribution in [3.63, 3.8) is 0 Å². The van der Waals surface area contributed by atoms with E-state index in [1.54, 1.807) is 0 Å². The molecule has 0 heterocycles. The summed E-state index contributed by atoms with van der Waals surface area (Å²) in [6.07, 6.45) is -0.458. The molecule has 0 aliphatic heterocycles. The zero-order valence-corrected chi connectivity index (χ0v) is 2.79. The van der Waals surface area contributed by atoms with Crippen molar-refractivity contribution in [3.05, 3.63) is 18.8 Å². The summed E-state index contributed by atoms with van der Waals surface area (Å²) in [7, 11) is 0. The highest BCUT2D eigenvalue weighted by Crippen LogP contribution is 1.99. The van der Waals surface area contributed by atoms with Crippen LogP contribution in [-0.4, -0.2) is 0 Å². The summed E-state index contributed by atoms with van der Waals surface area (Å²) in [6, 6.07) is 0. The van der Waals surface area contributed by atoms with E-state index in [0.717, 1.165) is 0 Å². The predicted octanol–water partition coefficient (Wildman–Crippen LogP) is 1.90. The van der Waals surface area contributed by atoms with Crippen molar-refractivity contribution in [2.45, 2.75) is 0 Å². The molecule has 0 N–H and O–H groups in total. The number of allylic oxidation sites excluding steroid dienone is 1. The van der Waals surface area contributed by atoms with Gasteiger partial charge in [-0.25, -0.2) is 13.2 Å². The monoisotopic (exact) mass is 95.0 g/mol. The Balaban J connectivity index is 3.22. The van der Waals surface area contributed by atoms with Gasteiger partial charge in [-0.15, -0.1) is 0 Å². The molecule has 0 aromatic heterocycles. The molecule has 0 amide bonds. The smallest absolute Gasteiger partial charge is 0.191 e. The first-order valence-corrected chi connectivity index (χ1v) is 1.20. The topological polar surface area (TPSA) is 0 Å². The van der Waals surface area contributed by atoms with Crippen LogP contribution in [0.3, 0.4) is 0 Å². The Morgan fingerprint density at radius 1 is 1.33 bits per heavy atom. The second kappa shape index (κ2) is 2.75. The van der Waals surface area contributed by atoms with Gasteiger partial charge in [0, 0.05) is 0 Å². The molecule has 0 fully saturated rings. The van der Waals surface area contributed by atoms with Crippen molar-refractivity contribution in [2.75, 3.05) is 0 Å². The minimum Gasteiger partial charge on any atom is -0.236 e. The van der Waals surface area contributed by atoms with Crippen LogP contribution in [0.15, 0.2) is 12.2 Å². The molecule has 0 aliphatic rings. The molecule has 3 heteroatoms. The van der Waals surface area contributed by atoms with Crippen molar-refractivity contribution in [3.8, 4) is 0 Å². The van der Waals surface area contributed by atoms with Gasteiger partial charge >= 0.3 is 0 Å². The zero-order valence-electron chi connectivity index (χ0n) is 2.79.